The van der Waals surface area contributed by atoms with Gasteiger partial charge in [0.15, 0.2) is 5.11 Å². The van der Waals surface area contributed by atoms with Crippen LogP contribution < -0.4 is 10.6 Å². The number of piperazine rings is 1. The molecule has 2 N–H and O–H groups in total. The van der Waals surface area contributed by atoms with Gasteiger partial charge >= 0.3 is 0 Å². The Hall–Kier alpha value is -1.17. The van der Waals surface area contributed by atoms with Crippen molar-refractivity contribution in [1.82, 2.24) is 15.1 Å². The van der Waals surface area contributed by atoms with Gasteiger partial charge in [-0.25, -0.2) is 0 Å². The Morgan fingerprint density at radius 2 is 1.85 bits per heavy atom. The van der Waals surface area contributed by atoms with Gasteiger partial charge < -0.3 is 20.4 Å². The van der Waals surface area contributed by atoms with Crippen LogP contribution in [0.25, 0.3) is 0 Å². The average molecular weight is 292 g/mol. The van der Waals surface area contributed by atoms with E-state index in [0.29, 0.717) is 5.11 Å². The largest absolute Gasteiger partial charge is 0.362 e. The summed E-state index contributed by atoms with van der Waals surface area (Å²) in [5, 5.41) is 7.15. The fourth-order valence-electron chi connectivity index (χ4n) is 2.27. The third kappa shape index (κ3) is 5.45. The minimum atomic E-state index is 0.703. The van der Waals surface area contributed by atoms with Crippen LogP contribution in [0.4, 0.5) is 5.69 Å². The van der Waals surface area contributed by atoms with Crippen molar-refractivity contribution in [2.45, 2.75) is 6.42 Å². The molecular weight excluding hydrogens is 268 g/mol. The molecule has 0 aliphatic carbocycles. The molecule has 20 heavy (non-hydrogen) atoms. The van der Waals surface area contributed by atoms with Gasteiger partial charge in [-0.1, -0.05) is 18.2 Å². The number of hydrogen-bond acceptors (Lipinski definition) is 3. The number of anilines is 1. The smallest absolute Gasteiger partial charge is 0.170 e. The van der Waals surface area contributed by atoms with E-state index in [4.69, 9.17) is 12.2 Å². The molecule has 110 valence electrons. The Morgan fingerprint density at radius 3 is 2.55 bits per heavy atom. The van der Waals surface area contributed by atoms with Crippen molar-refractivity contribution >= 4 is 23.0 Å². The van der Waals surface area contributed by atoms with Crippen molar-refractivity contribution in [1.29, 1.82) is 0 Å². The van der Waals surface area contributed by atoms with Crippen molar-refractivity contribution in [3.05, 3.63) is 30.3 Å². The van der Waals surface area contributed by atoms with Crippen molar-refractivity contribution in [2.24, 2.45) is 0 Å². The maximum atomic E-state index is 5.28. The molecule has 0 spiro atoms. The Morgan fingerprint density at radius 1 is 1.15 bits per heavy atom. The van der Waals surface area contributed by atoms with Crippen LogP contribution in [0.3, 0.4) is 0 Å². The molecule has 5 heteroatoms. The number of thiocarbonyl (C=S) groups is 1. The summed E-state index contributed by atoms with van der Waals surface area (Å²) in [5.74, 6) is 0. The van der Waals surface area contributed by atoms with Gasteiger partial charge in [-0.3, -0.25) is 0 Å². The summed E-state index contributed by atoms with van der Waals surface area (Å²) in [6.07, 6.45) is 1.13. The molecule has 4 nitrogen and oxygen atoms in total. The first-order valence-electron chi connectivity index (χ1n) is 7.25. The van der Waals surface area contributed by atoms with Crippen LogP contribution >= 0.6 is 12.2 Å². The Kier molecular flexibility index (Phi) is 6.24. The fourth-order valence-corrected chi connectivity index (χ4v) is 2.49. The monoisotopic (exact) mass is 292 g/mol. The Bertz CT molecular complexity index is 402. The Labute approximate surface area is 127 Å². The first-order valence-corrected chi connectivity index (χ1v) is 7.65. The third-order valence-electron chi connectivity index (χ3n) is 3.56. The summed E-state index contributed by atoms with van der Waals surface area (Å²) in [7, 11) is 2.19. The molecule has 1 heterocycles. The molecule has 1 aromatic carbocycles. The van der Waals surface area contributed by atoms with E-state index in [1.54, 1.807) is 0 Å². The van der Waals surface area contributed by atoms with E-state index in [0.717, 1.165) is 25.2 Å². The van der Waals surface area contributed by atoms with Crippen molar-refractivity contribution < 1.29 is 0 Å². The van der Waals surface area contributed by atoms with Crippen molar-refractivity contribution in [3.8, 4) is 0 Å². The van der Waals surface area contributed by atoms with Gasteiger partial charge in [0.1, 0.15) is 0 Å². The molecule has 0 aromatic heterocycles. The highest BCUT2D eigenvalue weighted by Crippen LogP contribution is 2.04. The van der Waals surface area contributed by atoms with Crippen LogP contribution in [0.15, 0.2) is 30.3 Å². The van der Waals surface area contributed by atoms with Gasteiger partial charge in [-0.15, -0.1) is 0 Å². The van der Waals surface area contributed by atoms with Crippen LogP contribution in [0.5, 0.6) is 0 Å². The van der Waals surface area contributed by atoms with Crippen LogP contribution in [-0.2, 0) is 0 Å². The molecule has 1 aliphatic rings. The van der Waals surface area contributed by atoms with Crippen LogP contribution in [0.2, 0.25) is 0 Å². The second kappa shape index (κ2) is 8.19. The number of nitrogens with zero attached hydrogens (tertiary/aromatic N) is 2. The molecule has 0 radical (unpaired) electrons. The summed E-state index contributed by atoms with van der Waals surface area (Å²) >= 11 is 5.28. The molecule has 1 saturated heterocycles. The third-order valence-corrected chi connectivity index (χ3v) is 3.81. The molecule has 0 amide bonds. The lowest BCUT2D eigenvalue weighted by atomic mass is 10.3. The van der Waals surface area contributed by atoms with E-state index < -0.39 is 0 Å². The predicted octanol–water partition coefficient (Wildman–Crippen LogP) is 1.61. The SMILES string of the molecule is CN1CCN(CCCNC(=S)Nc2ccccc2)CC1. The van der Waals surface area contributed by atoms with Crippen LogP contribution in [-0.4, -0.2) is 61.2 Å². The lowest BCUT2D eigenvalue weighted by Crippen LogP contribution is -2.45. The molecule has 0 unspecified atom stereocenters. The average Bonchev–Trinajstić information content (AvgIpc) is 2.46. The molecule has 0 atom stereocenters. The van der Waals surface area contributed by atoms with Gasteiger partial charge in [0.2, 0.25) is 0 Å². The number of nitrogens with one attached hydrogen (secondary N) is 2. The van der Waals surface area contributed by atoms with E-state index in [1.807, 2.05) is 30.3 Å². The van der Waals surface area contributed by atoms with Crippen molar-refractivity contribution in [2.75, 3.05) is 51.6 Å². The van der Waals surface area contributed by atoms with Crippen LogP contribution in [0.1, 0.15) is 6.42 Å². The van der Waals surface area contributed by atoms with Gasteiger partial charge in [-0.2, -0.15) is 0 Å². The van der Waals surface area contributed by atoms with E-state index in [9.17, 15) is 0 Å². The summed E-state index contributed by atoms with van der Waals surface area (Å²) in [6.45, 7) is 6.80. The number of hydrogen-bond donors (Lipinski definition) is 2. The molecule has 2 rings (SSSR count). The van der Waals surface area contributed by atoms with E-state index >= 15 is 0 Å². The number of para-hydroxylation sites is 1. The molecule has 1 fully saturated rings. The molecule has 0 saturated carbocycles. The summed E-state index contributed by atoms with van der Waals surface area (Å²) in [6, 6.07) is 10.0. The lowest BCUT2D eigenvalue weighted by Gasteiger charge is -2.32. The highest BCUT2D eigenvalue weighted by Gasteiger charge is 2.12. The minimum Gasteiger partial charge on any atom is -0.362 e. The second-order valence-electron chi connectivity index (χ2n) is 5.25. The lowest BCUT2D eigenvalue weighted by molar-refractivity contribution is 0.153. The molecular formula is C15H24N4S. The van der Waals surface area contributed by atoms with E-state index in [1.165, 1.54) is 26.2 Å². The number of rotatable bonds is 5. The summed E-state index contributed by atoms with van der Waals surface area (Å²) < 4.78 is 0. The summed E-state index contributed by atoms with van der Waals surface area (Å²) in [5.41, 5.74) is 1.03. The van der Waals surface area contributed by atoms with Gasteiger partial charge in [0.05, 0.1) is 0 Å². The maximum Gasteiger partial charge on any atom is 0.170 e. The standard InChI is InChI=1S/C15H24N4S/c1-18-10-12-19(13-11-18)9-5-8-16-15(20)17-14-6-3-2-4-7-14/h2-4,6-7H,5,8-13H2,1H3,(H2,16,17,20). The molecule has 1 aromatic rings. The highest BCUT2D eigenvalue weighted by molar-refractivity contribution is 7.80. The zero-order chi connectivity index (χ0) is 14.2. The van der Waals surface area contributed by atoms with Gasteiger partial charge in [-0.05, 0) is 44.4 Å². The number of benzene rings is 1. The van der Waals surface area contributed by atoms with Gasteiger partial charge in [0, 0.05) is 38.4 Å². The first-order chi connectivity index (χ1) is 9.74. The number of likely N-dealkylation sites (N-methyl/N-ethyl adjacent to an activating group) is 1. The summed E-state index contributed by atoms with van der Waals surface area (Å²) in [4.78, 5) is 4.91. The van der Waals surface area contributed by atoms with Gasteiger partial charge in [0.25, 0.3) is 0 Å². The van der Waals surface area contributed by atoms with Crippen molar-refractivity contribution in [3.63, 3.8) is 0 Å². The first kappa shape index (κ1) is 15.2. The minimum absolute atomic E-state index is 0.703. The van der Waals surface area contributed by atoms with E-state index in [2.05, 4.69) is 27.5 Å². The predicted molar refractivity (Wildman–Crippen MR) is 89.2 cm³/mol. The quantitative estimate of drug-likeness (QED) is 0.636. The zero-order valence-corrected chi connectivity index (χ0v) is 13.0. The molecule has 1 aliphatic heterocycles. The highest BCUT2D eigenvalue weighted by atomic mass is 32.1. The Balaban J connectivity index is 1.56. The molecule has 0 bridgehead atoms. The fraction of sp³-hybridized carbons (Fsp3) is 0.533. The zero-order valence-electron chi connectivity index (χ0n) is 12.1. The maximum absolute atomic E-state index is 5.28. The van der Waals surface area contributed by atoms with E-state index in [-0.39, 0.29) is 0 Å². The topological polar surface area (TPSA) is 30.5 Å². The van der Waals surface area contributed by atoms with Crippen LogP contribution in [0, 0.1) is 0 Å². The normalized spacial score (nSPS) is 16.9. The second-order valence-corrected chi connectivity index (χ2v) is 5.65.